The summed E-state index contributed by atoms with van der Waals surface area (Å²) in [6.07, 6.45) is 1.47. The fraction of sp³-hybridized carbons (Fsp3) is 1.00. The lowest BCUT2D eigenvalue weighted by molar-refractivity contribution is 0.353. The highest BCUT2D eigenvalue weighted by atomic mass is 31.2. The summed E-state index contributed by atoms with van der Waals surface area (Å²) in [5.41, 5.74) is 0. The number of rotatable bonds is 1. The third-order valence-corrected chi connectivity index (χ3v) is 2.69. The highest BCUT2D eigenvalue weighted by Gasteiger charge is 2.30. The van der Waals surface area contributed by atoms with E-state index in [0.717, 1.165) is 13.0 Å². The molecule has 54 valence electrons. The minimum Gasteiger partial charge on any atom is -0.323 e. The molecule has 1 aliphatic rings. The number of hydrogen-bond acceptors (Lipinski definition) is 2. The van der Waals surface area contributed by atoms with Gasteiger partial charge in [0, 0.05) is 0 Å². The Balaban J connectivity index is 2.52. The van der Waals surface area contributed by atoms with Gasteiger partial charge >= 0.3 is 7.60 Å². The molecule has 1 aliphatic heterocycles. The van der Waals surface area contributed by atoms with Gasteiger partial charge in [0.2, 0.25) is 0 Å². The molecule has 1 rings (SSSR count). The van der Waals surface area contributed by atoms with Crippen molar-refractivity contribution in [2.75, 3.05) is 6.54 Å². The summed E-state index contributed by atoms with van der Waals surface area (Å²) in [7, 11) is -3.82. The number of nitrogens with one attached hydrogen (secondary N) is 1. The second-order valence-electron chi connectivity index (χ2n) is 2.20. The molecule has 1 fully saturated rings. The maximum atomic E-state index is 10.5. The Morgan fingerprint density at radius 1 is 1.56 bits per heavy atom. The lowest BCUT2D eigenvalue weighted by Crippen LogP contribution is -2.20. The second-order valence-corrected chi connectivity index (χ2v) is 4.00. The zero-order valence-electron chi connectivity index (χ0n) is 4.95. The first-order valence-corrected chi connectivity index (χ1v) is 4.57. The second kappa shape index (κ2) is 2.39. The molecule has 5 heteroatoms. The quantitative estimate of drug-likeness (QED) is 0.457. The average Bonchev–Trinajstić information content (AvgIpc) is 2.08. The van der Waals surface area contributed by atoms with Crippen LogP contribution in [-0.2, 0) is 4.57 Å². The summed E-state index contributed by atoms with van der Waals surface area (Å²) in [6, 6.07) is 0. The normalized spacial score (nSPS) is 28.9. The predicted octanol–water partition coefficient (Wildman–Crippen LogP) is -0.126. The lowest BCUT2D eigenvalue weighted by atomic mass is 10.4. The fourth-order valence-electron chi connectivity index (χ4n) is 0.953. The summed E-state index contributed by atoms with van der Waals surface area (Å²) in [5.74, 6) is -0.572. The van der Waals surface area contributed by atoms with E-state index in [2.05, 4.69) is 5.32 Å². The summed E-state index contributed by atoms with van der Waals surface area (Å²) >= 11 is 0. The maximum Gasteiger partial charge on any atom is 0.342 e. The standard InChI is InChI=1S/C4H10NO3P/c6-9(7,8)4-2-1-3-5-4/h4-5H,1-3H2,(H2,6,7,8)/t4-/m1/s1. The van der Waals surface area contributed by atoms with Crippen LogP contribution in [0.1, 0.15) is 12.8 Å². The van der Waals surface area contributed by atoms with Crippen molar-refractivity contribution in [2.45, 2.75) is 18.6 Å². The molecular formula is C4H10NO3P. The van der Waals surface area contributed by atoms with Crippen LogP contribution in [0.3, 0.4) is 0 Å². The summed E-state index contributed by atoms with van der Waals surface area (Å²) in [6.45, 7) is 0.732. The Labute approximate surface area is 53.4 Å². The molecule has 0 radical (unpaired) electrons. The summed E-state index contributed by atoms with van der Waals surface area (Å²) in [4.78, 5) is 17.1. The van der Waals surface area contributed by atoms with E-state index in [-0.39, 0.29) is 0 Å². The van der Waals surface area contributed by atoms with Crippen molar-refractivity contribution in [2.24, 2.45) is 0 Å². The van der Waals surface area contributed by atoms with Crippen LogP contribution in [0.25, 0.3) is 0 Å². The predicted molar refractivity (Wildman–Crippen MR) is 33.1 cm³/mol. The molecule has 0 spiro atoms. The van der Waals surface area contributed by atoms with Crippen molar-refractivity contribution < 1.29 is 14.4 Å². The van der Waals surface area contributed by atoms with E-state index in [0.29, 0.717) is 6.42 Å². The fourth-order valence-corrected chi connectivity index (χ4v) is 1.84. The molecule has 0 unspecified atom stereocenters. The molecule has 9 heavy (non-hydrogen) atoms. The highest BCUT2D eigenvalue weighted by molar-refractivity contribution is 7.52. The minimum absolute atomic E-state index is 0.572. The van der Waals surface area contributed by atoms with Crippen molar-refractivity contribution in [1.82, 2.24) is 5.32 Å². The first-order chi connectivity index (χ1) is 4.11. The topological polar surface area (TPSA) is 69.6 Å². The molecule has 0 amide bonds. The third kappa shape index (κ3) is 1.76. The maximum absolute atomic E-state index is 10.5. The van der Waals surface area contributed by atoms with Gasteiger partial charge in [-0.3, -0.25) is 4.57 Å². The van der Waals surface area contributed by atoms with E-state index >= 15 is 0 Å². The molecule has 0 aromatic carbocycles. The molecule has 1 atom stereocenters. The van der Waals surface area contributed by atoms with Gasteiger partial charge in [0.1, 0.15) is 5.78 Å². The van der Waals surface area contributed by atoms with Crippen molar-refractivity contribution in [3.8, 4) is 0 Å². The molecule has 1 heterocycles. The van der Waals surface area contributed by atoms with E-state index < -0.39 is 13.4 Å². The molecule has 3 N–H and O–H groups in total. The Morgan fingerprint density at radius 3 is 2.44 bits per heavy atom. The largest absolute Gasteiger partial charge is 0.342 e. The first kappa shape index (κ1) is 7.22. The van der Waals surface area contributed by atoms with Crippen molar-refractivity contribution in [3.05, 3.63) is 0 Å². The van der Waals surface area contributed by atoms with Crippen LogP contribution in [0.5, 0.6) is 0 Å². The smallest absolute Gasteiger partial charge is 0.323 e. The van der Waals surface area contributed by atoms with Gasteiger partial charge in [-0.2, -0.15) is 0 Å². The molecule has 0 saturated carbocycles. The Kier molecular flexibility index (Phi) is 1.91. The molecule has 0 bridgehead atoms. The van der Waals surface area contributed by atoms with Crippen molar-refractivity contribution in [1.29, 1.82) is 0 Å². The van der Waals surface area contributed by atoms with Crippen LogP contribution in [0.4, 0.5) is 0 Å². The molecule has 0 aliphatic carbocycles. The minimum atomic E-state index is -3.82. The van der Waals surface area contributed by atoms with Crippen LogP contribution >= 0.6 is 7.60 Å². The summed E-state index contributed by atoms with van der Waals surface area (Å²) < 4.78 is 10.5. The van der Waals surface area contributed by atoms with E-state index in [1.165, 1.54) is 0 Å². The van der Waals surface area contributed by atoms with Crippen LogP contribution in [0, 0.1) is 0 Å². The van der Waals surface area contributed by atoms with Gasteiger partial charge in [0.05, 0.1) is 0 Å². The van der Waals surface area contributed by atoms with Crippen molar-refractivity contribution in [3.63, 3.8) is 0 Å². The zero-order chi connectivity index (χ0) is 6.91. The van der Waals surface area contributed by atoms with Crippen LogP contribution in [0.15, 0.2) is 0 Å². The van der Waals surface area contributed by atoms with E-state index in [1.807, 2.05) is 0 Å². The van der Waals surface area contributed by atoms with Gasteiger partial charge in [-0.05, 0) is 19.4 Å². The monoisotopic (exact) mass is 151 g/mol. The molecular weight excluding hydrogens is 141 g/mol. The van der Waals surface area contributed by atoms with Gasteiger partial charge < -0.3 is 15.1 Å². The Hall–Kier alpha value is 0.110. The van der Waals surface area contributed by atoms with Crippen LogP contribution in [-0.4, -0.2) is 22.1 Å². The lowest BCUT2D eigenvalue weighted by Gasteiger charge is -2.10. The average molecular weight is 151 g/mol. The van der Waals surface area contributed by atoms with Crippen molar-refractivity contribution >= 4 is 7.60 Å². The third-order valence-electron chi connectivity index (χ3n) is 1.44. The Morgan fingerprint density at radius 2 is 2.22 bits per heavy atom. The van der Waals surface area contributed by atoms with Crippen LogP contribution in [0.2, 0.25) is 0 Å². The van der Waals surface area contributed by atoms with Crippen LogP contribution < -0.4 is 5.32 Å². The summed E-state index contributed by atoms with van der Waals surface area (Å²) in [5, 5.41) is 2.73. The molecule has 0 aromatic heterocycles. The van der Waals surface area contributed by atoms with E-state index in [1.54, 1.807) is 0 Å². The number of hydrogen-bond donors (Lipinski definition) is 3. The van der Waals surface area contributed by atoms with Gasteiger partial charge in [-0.15, -0.1) is 0 Å². The van der Waals surface area contributed by atoms with Gasteiger partial charge in [0.25, 0.3) is 0 Å². The van der Waals surface area contributed by atoms with Gasteiger partial charge in [-0.25, -0.2) is 0 Å². The SMILES string of the molecule is O=P(O)(O)[C@@H]1CCCN1. The van der Waals surface area contributed by atoms with Gasteiger partial charge in [-0.1, -0.05) is 0 Å². The van der Waals surface area contributed by atoms with Gasteiger partial charge in [0.15, 0.2) is 0 Å². The molecule has 1 saturated heterocycles. The van der Waals surface area contributed by atoms with E-state index in [9.17, 15) is 4.57 Å². The molecule has 0 aromatic rings. The molecule has 4 nitrogen and oxygen atoms in total. The zero-order valence-corrected chi connectivity index (χ0v) is 5.84. The van der Waals surface area contributed by atoms with E-state index in [4.69, 9.17) is 9.79 Å². The first-order valence-electron chi connectivity index (χ1n) is 2.89. The Bertz CT molecular complexity index is 137. The highest BCUT2D eigenvalue weighted by Crippen LogP contribution is 2.43.